The van der Waals surface area contributed by atoms with Gasteiger partial charge in [0.15, 0.2) is 11.5 Å². The van der Waals surface area contributed by atoms with E-state index in [2.05, 4.69) is 0 Å². The minimum Gasteiger partial charge on any atom is -0.493 e. The summed E-state index contributed by atoms with van der Waals surface area (Å²) in [6.45, 7) is 1.88. The first kappa shape index (κ1) is 23.4. The lowest BCUT2D eigenvalue weighted by Gasteiger charge is -2.26. The summed E-state index contributed by atoms with van der Waals surface area (Å²) in [6.07, 6.45) is 0.203. The molecular weight excluding hydrogens is 423 g/mol. The predicted molar refractivity (Wildman–Crippen MR) is 115 cm³/mol. The number of alkyl halides is 3. The third kappa shape index (κ3) is 5.91. The van der Waals surface area contributed by atoms with Crippen molar-refractivity contribution in [3.63, 3.8) is 0 Å². The number of carbonyl (C=O) groups is 1. The summed E-state index contributed by atoms with van der Waals surface area (Å²) in [4.78, 5) is 14.5. The average Bonchev–Trinajstić information content (AvgIpc) is 2.81. The molecule has 1 aliphatic rings. The Kier molecular flexibility index (Phi) is 7.58. The Morgan fingerprint density at radius 3 is 2.41 bits per heavy atom. The molecule has 0 radical (unpaired) electrons. The minimum atomic E-state index is -4.43. The first-order valence-corrected chi connectivity index (χ1v) is 9.98. The van der Waals surface area contributed by atoms with Crippen LogP contribution in [0.3, 0.4) is 0 Å². The van der Waals surface area contributed by atoms with Gasteiger partial charge in [0.05, 0.1) is 33.0 Å². The van der Waals surface area contributed by atoms with E-state index >= 15 is 0 Å². The van der Waals surface area contributed by atoms with E-state index in [9.17, 15) is 18.0 Å². The summed E-state index contributed by atoms with van der Waals surface area (Å²) in [7, 11) is 3.02. The smallest absolute Gasteiger partial charge is 0.416 e. The highest BCUT2D eigenvalue weighted by Crippen LogP contribution is 2.32. The van der Waals surface area contributed by atoms with Crippen molar-refractivity contribution in [2.45, 2.75) is 6.18 Å². The van der Waals surface area contributed by atoms with E-state index in [0.29, 0.717) is 54.5 Å². The second kappa shape index (κ2) is 10.4. The van der Waals surface area contributed by atoms with Crippen LogP contribution in [-0.4, -0.2) is 51.3 Å². The molecule has 3 rings (SSSR count). The fourth-order valence-corrected chi connectivity index (χ4v) is 3.26. The van der Waals surface area contributed by atoms with E-state index < -0.39 is 11.7 Å². The zero-order chi connectivity index (χ0) is 23.1. The molecule has 0 aromatic heterocycles. The molecule has 32 heavy (non-hydrogen) atoms. The largest absolute Gasteiger partial charge is 0.493 e. The van der Waals surface area contributed by atoms with Crippen molar-refractivity contribution in [1.29, 1.82) is 0 Å². The first-order valence-electron chi connectivity index (χ1n) is 9.98. The van der Waals surface area contributed by atoms with Crippen molar-refractivity contribution in [2.75, 3.05) is 40.5 Å². The number of halogens is 3. The molecule has 8 heteroatoms. The van der Waals surface area contributed by atoms with Gasteiger partial charge in [0.1, 0.15) is 0 Å². The van der Waals surface area contributed by atoms with Gasteiger partial charge in [-0.15, -0.1) is 0 Å². The van der Waals surface area contributed by atoms with E-state index in [-0.39, 0.29) is 5.91 Å². The predicted octanol–water partition coefficient (Wildman–Crippen LogP) is 4.68. The molecule has 1 heterocycles. The summed E-state index contributed by atoms with van der Waals surface area (Å²) in [6, 6.07) is 10.2. The Morgan fingerprint density at radius 1 is 1.03 bits per heavy atom. The van der Waals surface area contributed by atoms with Crippen molar-refractivity contribution >= 4 is 17.6 Å². The number of morpholine rings is 1. The quantitative estimate of drug-likeness (QED) is 0.477. The van der Waals surface area contributed by atoms with Crippen molar-refractivity contribution in [3.05, 3.63) is 71.3 Å². The topological polar surface area (TPSA) is 48.0 Å². The standard InChI is InChI=1S/C24H24F3NO4/c1-30-21-9-8-18(15-22(21)31-2)19(16-23(29)28-10-12-32-13-11-28)7-6-17-4-3-5-20(14-17)24(25,26)27/h3-9,14-16H,10-13H2,1-2H3. The number of allylic oxidation sites excluding steroid dienone is 2. The summed E-state index contributed by atoms with van der Waals surface area (Å²) in [5, 5.41) is 0. The molecule has 0 spiro atoms. The van der Waals surface area contributed by atoms with Gasteiger partial charge in [-0.2, -0.15) is 13.2 Å². The maximum absolute atomic E-state index is 13.0. The molecule has 0 N–H and O–H groups in total. The molecule has 0 unspecified atom stereocenters. The molecule has 1 amide bonds. The lowest BCUT2D eigenvalue weighted by molar-refractivity contribution is -0.137. The van der Waals surface area contributed by atoms with E-state index in [1.807, 2.05) is 0 Å². The summed E-state index contributed by atoms with van der Waals surface area (Å²) >= 11 is 0. The number of nitrogens with zero attached hydrogens (tertiary/aromatic N) is 1. The molecule has 0 aliphatic carbocycles. The van der Waals surface area contributed by atoms with Gasteiger partial charge in [0, 0.05) is 19.2 Å². The SMILES string of the molecule is COc1ccc(C(C=Cc2cccc(C(F)(F)F)c2)=CC(=O)N2CCOCC2)cc1OC. The molecule has 1 saturated heterocycles. The van der Waals surface area contributed by atoms with Crippen molar-refractivity contribution in [3.8, 4) is 11.5 Å². The zero-order valence-corrected chi connectivity index (χ0v) is 17.8. The molecule has 2 aromatic rings. The Bertz CT molecular complexity index is 1010. The molecule has 1 fully saturated rings. The normalized spacial score (nSPS) is 15.2. The van der Waals surface area contributed by atoms with Crippen LogP contribution in [0.25, 0.3) is 11.6 Å². The van der Waals surface area contributed by atoms with Crippen LogP contribution in [0, 0.1) is 0 Å². The Morgan fingerprint density at radius 2 is 1.75 bits per heavy atom. The maximum Gasteiger partial charge on any atom is 0.416 e. The Hall–Kier alpha value is -3.26. The fraction of sp³-hybridized carbons (Fsp3) is 0.292. The molecule has 0 bridgehead atoms. The van der Waals surface area contributed by atoms with Crippen LogP contribution in [0.1, 0.15) is 16.7 Å². The van der Waals surface area contributed by atoms with Crippen LogP contribution in [0.2, 0.25) is 0 Å². The Balaban J connectivity index is 1.98. The summed E-state index contributed by atoms with van der Waals surface area (Å²) in [5.41, 5.74) is 0.818. The second-order valence-electron chi connectivity index (χ2n) is 7.06. The van der Waals surface area contributed by atoms with E-state index in [0.717, 1.165) is 12.1 Å². The summed E-state index contributed by atoms with van der Waals surface area (Å²) < 4.78 is 55.0. The molecule has 0 atom stereocenters. The number of rotatable bonds is 6. The number of hydrogen-bond acceptors (Lipinski definition) is 4. The third-order valence-electron chi connectivity index (χ3n) is 4.99. The molecule has 5 nitrogen and oxygen atoms in total. The number of hydrogen-bond donors (Lipinski definition) is 0. The number of ether oxygens (including phenoxy) is 3. The highest BCUT2D eigenvalue weighted by atomic mass is 19.4. The van der Waals surface area contributed by atoms with Crippen LogP contribution in [-0.2, 0) is 15.7 Å². The second-order valence-corrected chi connectivity index (χ2v) is 7.06. The van der Waals surface area contributed by atoms with Gasteiger partial charge in [-0.3, -0.25) is 4.79 Å². The zero-order valence-electron chi connectivity index (χ0n) is 17.8. The molecule has 0 saturated carbocycles. The van der Waals surface area contributed by atoms with E-state index in [1.165, 1.54) is 26.4 Å². The van der Waals surface area contributed by atoms with Crippen LogP contribution in [0.5, 0.6) is 11.5 Å². The van der Waals surface area contributed by atoms with Gasteiger partial charge in [0.25, 0.3) is 0 Å². The van der Waals surface area contributed by atoms with Crippen molar-refractivity contribution < 1.29 is 32.2 Å². The van der Waals surface area contributed by atoms with Gasteiger partial charge in [-0.1, -0.05) is 30.4 Å². The van der Waals surface area contributed by atoms with E-state index in [1.54, 1.807) is 41.3 Å². The minimum absolute atomic E-state index is 0.202. The van der Waals surface area contributed by atoms with Gasteiger partial charge >= 0.3 is 6.18 Å². The number of amides is 1. The van der Waals surface area contributed by atoms with Gasteiger partial charge in [-0.25, -0.2) is 0 Å². The lowest BCUT2D eigenvalue weighted by atomic mass is 10.0. The highest BCUT2D eigenvalue weighted by Gasteiger charge is 2.30. The highest BCUT2D eigenvalue weighted by molar-refractivity contribution is 5.98. The number of carbonyl (C=O) groups excluding carboxylic acids is 1. The molecule has 1 aliphatic heterocycles. The maximum atomic E-state index is 13.0. The Labute approximate surface area is 184 Å². The molecule has 170 valence electrons. The van der Waals surface area contributed by atoms with Crippen LogP contribution >= 0.6 is 0 Å². The lowest BCUT2D eigenvalue weighted by Crippen LogP contribution is -2.39. The van der Waals surface area contributed by atoms with Crippen LogP contribution in [0.4, 0.5) is 13.2 Å². The van der Waals surface area contributed by atoms with Gasteiger partial charge in [-0.05, 0) is 41.0 Å². The molecular formula is C24H24F3NO4. The number of methoxy groups -OCH3 is 2. The number of benzene rings is 2. The van der Waals surface area contributed by atoms with Crippen LogP contribution < -0.4 is 9.47 Å². The fourth-order valence-electron chi connectivity index (χ4n) is 3.26. The van der Waals surface area contributed by atoms with Crippen LogP contribution in [0.15, 0.2) is 54.6 Å². The van der Waals surface area contributed by atoms with Crippen molar-refractivity contribution in [1.82, 2.24) is 4.90 Å². The third-order valence-corrected chi connectivity index (χ3v) is 4.99. The summed E-state index contributed by atoms with van der Waals surface area (Å²) in [5.74, 6) is 0.797. The average molecular weight is 447 g/mol. The monoisotopic (exact) mass is 447 g/mol. The van der Waals surface area contributed by atoms with Gasteiger partial charge < -0.3 is 19.1 Å². The van der Waals surface area contributed by atoms with Gasteiger partial charge in [0.2, 0.25) is 5.91 Å². The molecule has 2 aromatic carbocycles. The first-order chi connectivity index (χ1) is 15.3. The van der Waals surface area contributed by atoms with E-state index in [4.69, 9.17) is 14.2 Å². The van der Waals surface area contributed by atoms with Crippen molar-refractivity contribution in [2.24, 2.45) is 0 Å².